The van der Waals surface area contributed by atoms with E-state index in [9.17, 15) is 10.1 Å². The molecule has 1 amide bonds. The van der Waals surface area contributed by atoms with Gasteiger partial charge in [0, 0.05) is 49.7 Å². The maximum absolute atomic E-state index is 12.5. The number of carbonyl (C=O) groups is 1. The van der Waals surface area contributed by atoms with Crippen molar-refractivity contribution in [3.8, 4) is 23.4 Å². The first-order chi connectivity index (χ1) is 19.2. The van der Waals surface area contributed by atoms with Gasteiger partial charge in [-0.25, -0.2) is 4.98 Å². The Hall–Kier alpha value is -4.33. The summed E-state index contributed by atoms with van der Waals surface area (Å²) in [5.74, 6) is 1.02. The first-order valence-electron chi connectivity index (χ1n) is 12.9. The number of benzene rings is 2. The Labute approximate surface area is 239 Å². The molecule has 2 aromatic carbocycles. The van der Waals surface area contributed by atoms with Crippen molar-refractivity contribution in [2.45, 2.75) is 13.8 Å². The number of likely N-dealkylation sites (N-methyl/N-ethyl adjacent to an activating group) is 1. The molecule has 1 aliphatic heterocycles. The molecule has 40 heavy (non-hydrogen) atoms. The van der Waals surface area contributed by atoms with Gasteiger partial charge in [-0.1, -0.05) is 37.6 Å². The topological polar surface area (TPSA) is 116 Å². The third kappa shape index (κ3) is 7.40. The van der Waals surface area contributed by atoms with Gasteiger partial charge < -0.3 is 29.9 Å². The highest BCUT2D eigenvalue weighted by Gasteiger charge is 2.17. The van der Waals surface area contributed by atoms with Crippen LogP contribution in [0.25, 0.3) is 0 Å². The molecule has 0 saturated carbocycles. The fourth-order valence-corrected chi connectivity index (χ4v) is 4.22. The van der Waals surface area contributed by atoms with Gasteiger partial charge in [-0.2, -0.15) is 10.2 Å². The molecule has 0 aliphatic carbocycles. The van der Waals surface area contributed by atoms with Crippen molar-refractivity contribution in [2.24, 2.45) is 5.92 Å². The number of nitriles is 1. The van der Waals surface area contributed by atoms with Crippen molar-refractivity contribution in [1.82, 2.24) is 14.9 Å². The smallest absolute Gasteiger partial charge is 0.265 e. The van der Waals surface area contributed by atoms with E-state index in [0.717, 1.165) is 31.9 Å². The number of nitrogens with one attached hydrogen (secondary N) is 2. The molecule has 3 aromatic rings. The maximum atomic E-state index is 12.5. The van der Waals surface area contributed by atoms with E-state index < -0.39 is 5.91 Å². The summed E-state index contributed by atoms with van der Waals surface area (Å²) in [6.45, 7) is 7.71. The van der Waals surface area contributed by atoms with E-state index in [2.05, 4.69) is 37.4 Å². The summed E-state index contributed by atoms with van der Waals surface area (Å²) in [4.78, 5) is 25.8. The van der Waals surface area contributed by atoms with E-state index in [1.54, 1.807) is 37.5 Å². The van der Waals surface area contributed by atoms with Crippen molar-refractivity contribution >= 4 is 40.5 Å². The van der Waals surface area contributed by atoms with Crippen LogP contribution in [0.1, 0.15) is 13.8 Å². The molecule has 10 nitrogen and oxygen atoms in total. The summed E-state index contributed by atoms with van der Waals surface area (Å²) in [6.07, 6.45) is 3.05. The van der Waals surface area contributed by atoms with Gasteiger partial charge in [0.2, 0.25) is 11.8 Å². The molecular formula is C29H32ClN7O3. The van der Waals surface area contributed by atoms with Gasteiger partial charge in [-0.3, -0.25) is 4.79 Å². The lowest BCUT2D eigenvalue weighted by molar-refractivity contribution is -0.112. The summed E-state index contributed by atoms with van der Waals surface area (Å²) in [7, 11) is 3.75. The van der Waals surface area contributed by atoms with Crippen LogP contribution in [0.15, 0.2) is 60.3 Å². The highest BCUT2D eigenvalue weighted by Crippen LogP contribution is 2.34. The summed E-state index contributed by atoms with van der Waals surface area (Å²) >= 11 is 6.33. The van der Waals surface area contributed by atoms with Gasteiger partial charge in [-0.05, 0) is 37.2 Å². The zero-order valence-electron chi connectivity index (χ0n) is 22.9. The minimum atomic E-state index is -0.493. The Balaban J connectivity index is 1.48. The van der Waals surface area contributed by atoms with Gasteiger partial charge >= 0.3 is 0 Å². The number of anilines is 4. The molecule has 1 saturated heterocycles. The molecule has 1 aliphatic rings. The van der Waals surface area contributed by atoms with Crippen LogP contribution in [0.4, 0.5) is 23.0 Å². The fourth-order valence-electron chi connectivity index (χ4n) is 4.09. The van der Waals surface area contributed by atoms with Crippen molar-refractivity contribution in [2.75, 3.05) is 55.9 Å². The quantitative estimate of drug-likeness (QED) is 0.259. The van der Waals surface area contributed by atoms with E-state index in [-0.39, 0.29) is 28.3 Å². The molecular weight excluding hydrogens is 530 g/mol. The molecule has 2 heterocycles. The molecule has 0 bridgehead atoms. The van der Waals surface area contributed by atoms with Gasteiger partial charge in [0.05, 0.1) is 19.0 Å². The lowest BCUT2D eigenvalue weighted by Gasteiger charge is -2.34. The SMILES string of the molecule is COc1cc(N2CCN(C)CC2)ccc1Nc1ncc(Cl)c(Oc2cccc(NC(=O)/C(C#N)=C/C(C)C)c2)n1. The maximum Gasteiger partial charge on any atom is 0.265 e. The largest absolute Gasteiger partial charge is 0.494 e. The number of piperazine rings is 1. The molecule has 1 fully saturated rings. The Kier molecular flexibility index (Phi) is 9.43. The summed E-state index contributed by atoms with van der Waals surface area (Å²) < 4.78 is 11.6. The van der Waals surface area contributed by atoms with Crippen LogP contribution >= 0.6 is 11.6 Å². The third-order valence-electron chi connectivity index (χ3n) is 6.18. The van der Waals surface area contributed by atoms with Gasteiger partial charge in [0.15, 0.2) is 0 Å². The Morgan fingerprint density at radius 2 is 1.95 bits per heavy atom. The van der Waals surface area contributed by atoms with Crippen LogP contribution < -0.4 is 25.0 Å². The molecule has 0 unspecified atom stereocenters. The number of hydrogen-bond donors (Lipinski definition) is 2. The zero-order chi connectivity index (χ0) is 28.6. The summed E-state index contributed by atoms with van der Waals surface area (Å²) in [6, 6.07) is 14.6. The number of halogens is 1. The third-order valence-corrected chi connectivity index (χ3v) is 6.44. The Morgan fingerprint density at radius 3 is 2.65 bits per heavy atom. The standard InChI is InChI=1S/C29H32ClN7O3/c1-19(2)14-20(17-31)27(38)33-21-6-5-7-23(15-21)40-28-24(30)18-32-29(35-28)34-25-9-8-22(16-26(25)39-4)37-12-10-36(3)11-13-37/h5-9,14-16,18-19H,10-13H2,1-4H3,(H,33,38)(H,32,34,35)/b20-14+. The van der Waals surface area contributed by atoms with Gasteiger partial charge in [-0.15, -0.1) is 0 Å². The fraction of sp³-hybridized carbons (Fsp3) is 0.310. The summed E-state index contributed by atoms with van der Waals surface area (Å²) in [5.41, 5.74) is 2.29. The zero-order valence-corrected chi connectivity index (χ0v) is 23.7. The minimum Gasteiger partial charge on any atom is -0.494 e. The predicted octanol–water partition coefficient (Wildman–Crippen LogP) is 5.47. The predicted molar refractivity (Wildman–Crippen MR) is 157 cm³/mol. The highest BCUT2D eigenvalue weighted by atomic mass is 35.5. The number of amides is 1. The normalized spacial score (nSPS) is 14.0. The number of aromatic nitrogens is 2. The van der Waals surface area contributed by atoms with Gasteiger partial charge in [0.1, 0.15) is 28.2 Å². The van der Waals surface area contributed by atoms with E-state index in [0.29, 0.717) is 22.9 Å². The average Bonchev–Trinajstić information content (AvgIpc) is 2.94. The van der Waals surface area contributed by atoms with Crippen molar-refractivity contribution < 1.29 is 14.3 Å². The number of carbonyl (C=O) groups excluding carboxylic acids is 1. The molecule has 2 N–H and O–H groups in total. The molecule has 0 spiro atoms. The lowest BCUT2D eigenvalue weighted by atomic mass is 10.1. The summed E-state index contributed by atoms with van der Waals surface area (Å²) in [5, 5.41) is 15.4. The number of allylic oxidation sites excluding steroid dienone is 1. The van der Waals surface area contributed by atoms with E-state index in [1.165, 1.54) is 6.20 Å². The Bertz CT molecular complexity index is 1430. The van der Waals surface area contributed by atoms with Crippen LogP contribution in [-0.2, 0) is 4.79 Å². The average molecular weight is 562 g/mol. The number of nitrogens with zero attached hydrogens (tertiary/aromatic N) is 5. The lowest BCUT2D eigenvalue weighted by Crippen LogP contribution is -2.44. The molecule has 208 valence electrons. The number of hydrogen-bond acceptors (Lipinski definition) is 9. The number of rotatable bonds is 9. The number of ether oxygens (including phenoxy) is 2. The van der Waals surface area contributed by atoms with Crippen LogP contribution in [0.5, 0.6) is 17.4 Å². The van der Waals surface area contributed by atoms with Crippen molar-refractivity contribution in [1.29, 1.82) is 5.26 Å². The number of methoxy groups -OCH3 is 1. The Morgan fingerprint density at radius 1 is 1.18 bits per heavy atom. The molecule has 0 radical (unpaired) electrons. The van der Waals surface area contributed by atoms with Crippen LogP contribution in [-0.4, -0.2) is 61.1 Å². The van der Waals surface area contributed by atoms with E-state index in [1.807, 2.05) is 38.1 Å². The molecule has 0 atom stereocenters. The van der Waals surface area contributed by atoms with E-state index in [4.69, 9.17) is 21.1 Å². The molecule has 1 aromatic heterocycles. The van der Waals surface area contributed by atoms with E-state index >= 15 is 0 Å². The minimum absolute atomic E-state index is 0.0443. The second-order valence-corrected chi connectivity index (χ2v) is 10.1. The van der Waals surface area contributed by atoms with Crippen molar-refractivity contribution in [3.05, 3.63) is 65.3 Å². The molecule has 11 heteroatoms. The second kappa shape index (κ2) is 13.2. The van der Waals surface area contributed by atoms with Crippen LogP contribution in [0.3, 0.4) is 0 Å². The monoisotopic (exact) mass is 561 g/mol. The highest BCUT2D eigenvalue weighted by molar-refractivity contribution is 6.31. The van der Waals surface area contributed by atoms with Gasteiger partial charge in [0.25, 0.3) is 5.91 Å². The van der Waals surface area contributed by atoms with Crippen LogP contribution in [0, 0.1) is 17.2 Å². The van der Waals surface area contributed by atoms with Crippen molar-refractivity contribution in [3.63, 3.8) is 0 Å². The van der Waals surface area contributed by atoms with Crippen LogP contribution in [0.2, 0.25) is 5.02 Å². The molecule has 4 rings (SSSR count). The first-order valence-corrected chi connectivity index (χ1v) is 13.3. The second-order valence-electron chi connectivity index (χ2n) is 9.67. The first kappa shape index (κ1) is 28.7.